The molecule has 0 aliphatic carbocycles. The normalized spacial score (nSPS) is 17.6. The number of aliphatic hydroxyl groups is 1. The maximum absolute atomic E-state index is 13.7. The van der Waals surface area contributed by atoms with Crippen molar-refractivity contribution >= 4 is 33.9 Å². The quantitative estimate of drug-likeness (QED) is 0.430. The largest absolute Gasteiger partial charge is 0.390 e. The van der Waals surface area contributed by atoms with Gasteiger partial charge in [-0.2, -0.15) is 9.97 Å². The van der Waals surface area contributed by atoms with E-state index in [0.717, 1.165) is 29.7 Å². The number of nitrogens with zero attached hydrogens (tertiary/aromatic N) is 9. The maximum Gasteiger partial charge on any atom is 0.289 e. The molecule has 4 aromatic rings. The van der Waals surface area contributed by atoms with Gasteiger partial charge in [-0.1, -0.05) is 0 Å². The second-order valence-electron chi connectivity index (χ2n) is 10.7. The first kappa shape index (κ1) is 24.7. The lowest BCUT2D eigenvalue weighted by Crippen LogP contribution is -2.44. The summed E-state index contributed by atoms with van der Waals surface area (Å²) in [5.74, 6) is 2.23. The molecule has 38 heavy (non-hydrogen) atoms. The minimum atomic E-state index is -0.753. The van der Waals surface area contributed by atoms with Gasteiger partial charge in [0, 0.05) is 39.4 Å². The average molecular weight is 520 g/mol. The van der Waals surface area contributed by atoms with E-state index < -0.39 is 5.60 Å². The van der Waals surface area contributed by atoms with Gasteiger partial charge in [-0.25, -0.2) is 9.97 Å². The van der Waals surface area contributed by atoms with Crippen LogP contribution in [-0.2, 0) is 11.8 Å². The van der Waals surface area contributed by atoms with Crippen molar-refractivity contribution in [2.75, 3.05) is 44.3 Å². The predicted molar refractivity (Wildman–Crippen MR) is 141 cm³/mol. The van der Waals surface area contributed by atoms with E-state index in [1.54, 1.807) is 17.0 Å². The van der Waals surface area contributed by atoms with E-state index in [4.69, 9.17) is 19.7 Å². The van der Waals surface area contributed by atoms with Crippen LogP contribution in [0.1, 0.15) is 43.1 Å². The number of hydrogen-bond donors (Lipinski definition) is 1. The highest BCUT2D eigenvalue weighted by Crippen LogP contribution is 2.31. The third-order valence-corrected chi connectivity index (χ3v) is 7.80. The van der Waals surface area contributed by atoms with Gasteiger partial charge in [-0.05, 0) is 45.6 Å². The van der Waals surface area contributed by atoms with Crippen molar-refractivity contribution in [3.8, 4) is 5.95 Å². The van der Waals surface area contributed by atoms with Crippen LogP contribution < -0.4 is 4.90 Å². The molecule has 0 atom stereocenters. The van der Waals surface area contributed by atoms with Crippen molar-refractivity contribution in [1.29, 1.82) is 0 Å². The van der Waals surface area contributed by atoms with Gasteiger partial charge in [-0.15, -0.1) is 0 Å². The Hall–Kier alpha value is -3.64. The van der Waals surface area contributed by atoms with Crippen LogP contribution in [0.4, 0.5) is 5.82 Å². The van der Waals surface area contributed by atoms with Crippen molar-refractivity contribution < 1.29 is 14.6 Å². The SMILES string of the molecule is Cc1nc2ccncc2n1-c1nc(N2CCOCC2)c2nc(C(=O)N3CCC(C(C)(C)O)CC3)n(C)c2n1. The van der Waals surface area contributed by atoms with Crippen molar-refractivity contribution in [2.24, 2.45) is 13.0 Å². The number of likely N-dealkylation sites (tertiary alicyclic amines) is 1. The van der Waals surface area contributed by atoms with Crippen molar-refractivity contribution in [3.63, 3.8) is 0 Å². The molecule has 1 N–H and O–H groups in total. The molecular formula is C26H33N9O3. The maximum atomic E-state index is 13.7. The van der Waals surface area contributed by atoms with E-state index in [1.807, 2.05) is 43.4 Å². The summed E-state index contributed by atoms with van der Waals surface area (Å²) in [6, 6.07) is 1.86. The number of ether oxygens (including phenoxy) is 1. The molecule has 0 spiro atoms. The van der Waals surface area contributed by atoms with E-state index >= 15 is 0 Å². The summed E-state index contributed by atoms with van der Waals surface area (Å²) < 4.78 is 9.23. The number of aryl methyl sites for hydroxylation is 2. The third-order valence-electron chi connectivity index (χ3n) is 7.80. The van der Waals surface area contributed by atoms with Crippen LogP contribution in [0.25, 0.3) is 28.1 Å². The summed E-state index contributed by atoms with van der Waals surface area (Å²) in [5.41, 5.74) is 2.04. The van der Waals surface area contributed by atoms with Crippen LogP contribution in [0.5, 0.6) is 0 Å². The van der Waals surface area contributed by atoms with Crippen molar-refractivity contribution in [3.05, 3.63) is 30.1 Å². The summed E-state index contributed by atoms with van der Waals surface area (Å²) in [6.45, 7) is 9.27. The van der Waals surface area contributed by atoms with Crippen LogP contribution in [0.15, 0.2) is 18.5 Å². The predicted octanol–water partition coefficient (Wildman–Crippen LogP) is 1.87. The van der Waals surface area contributed by atoms with Gasteiger partial charge in [0.15, 0.2) is 17.0 Å². The number of anilines is 1. The summed E-state index contributed by atoms with van der Waals surface area (Å²) in [7, 11) is 1.83. The number of hydrogen-bond acceptors (Lipinski definition) is 9. The van der Waals surface area contributed by atoms with E-state index in [1.165, 1.54) is 0 Å². The number of amides is 1. The zero-order chi connectivity index (χ0) is 26.6. The first-order chi connectivity index (χ1) is 18.2. The number of rotatable bonds is 4. The smallest absolute Gasteiger partial charge is 0.289 e. The molecule has 12 heteroatoms. The van der Waals surface area contributed by atoms with Gasteiger partial charge in [0.1, 0.15) is 5.82 Å². The molecule has 2 aliphatic rings. The fourth-order valence-corrected chi connectivity index (χ4v) is 5.55. The van der Waals surface area contributed by atoms with E-state index in [-0.39, 0.29) is 11.8 Å². The number of carbonyl (C=O) groups is 1. The molecule has 12 nitrogen and oxygen atoms in total. The number of fused-ring (bicyclic) bond motifs is 2. The summed E-state index contributed by atoms with van der Waals surface area (Å²) in [4.78, 5) is 41.2. The average Bonchev–Trinajstić information content (AvgIpc) is 3.43. The third kappa shape index (κ3) is 4.17. The molecule has 1 amide bonds. The molecule has 2 aliphatic heterocycles. The van der Waals surface area contributed by atoms with Crippen LogP contribution in [0.2, 0.25) is 0 Å². The second kappa shape index (κ2) is 9.28. The fourth-order valence-electron chi connectivity index (χ4n) is 5.55. The van der Waals surface area contributed by atoms with Crippen LogP contribution >= 0.6 is 0 Å². The lowest BCUT2D eigenvalue weighted by molar-refractivity contribution is -0.0110. The zero-order valence-corrected chi connectivity index (χ0v) is 22.3. The first-order valence-electron chi connectivity index (χ1n) is 13.1. The molecular weight excluding hydrogens is 486 g/mol. The van der Waals surface area contributed by atoms with Crippen molar-refractivity contribution in [1.82, 2.24) is 39.0 Å². The molecule has 2 saturated heterocycles. The monoisotopic (exact) mass is 519 g/mol. The fraction of sp³-hybridized carbons (Fsp3) is 0.538. The molecule has 0 saturated carbocycles. The summed E-state index contributed by atoms with van der Waals surface area (Å²) >= 11 is 0. The number of pyridine rings is 1. The molecule has 2 fully saturated rings. The van der Waals surface area contributed by atoms with E-state index in [0.29, 0.717) is 68.1 Å². The Bertz CT molecular complexity index is 1510. The Labute approximate surface area is 220 Å². The van der Waals surface area contributed by atoms with Crippen LogP contribution in [0, 0.1) is 12.8 Å². The lowest BCUT2D eigenvalue weighted by Gasteiger charge is -2.37. The topological polar surface area (TPSA) is 127 Å². The highest BCUT2D eigenvalue weighted by molar-refractivity contribution is 5.96. The van der Waals surface area contributed by atoms with Crippen LogP contribution in [-0.4, -0.2) is 95.0 Å². The number of imidazole rings is 2. The van der Waals surface area contributed by atoms with Crippen LogP contribution in [0.3, 0.4) is 0 Å². The molecule has 200 valence electrons. The van der Waals surface area contributed by atoms with Gasteiger partial charge in [-0.3, -0.25) is 14.3 Å². The minimum absolute atomic E-state index is 0.136. The standard InChI is InChI=1S/C26H33N9O3/c1-16-28-18-5-8-27-15-19(18)35(16)25-30-21-20(22(31-25)33-11-13-38-14-12-33)29-23(32(21)4)24(36)34-9-6-17(7-10-34)26(2,3)37/h5,8,15,17,37H,6-7,9-14H2,1-4H3. The summed E-state index contributed by atoms with van der Waals surface area (Å²) in [5, 5.41) is 10.4. The zero-order valence-electron chi connectivity index (χ0n) is 22.3. The van der Waals surface area contributed by atoms with Gasteiger partial charge in [0.2, 0.25) is 11.8 Å². The number of aromatic nitrogens is 7. The molecule has 6 rings (SSSR count). The highest BCUT2D eigenvalue weighted by Gasteiger charge is 2.34. The van der Waals surface area contributed by atoms with Gasteiger partial charge in [0.25, 0.3) is 5.91 Å². The molecule has 0 aromatic carbocycles. The molecule has 4 aromatic heterocycles. The minimum Gasteiger partial charge on any atom is -0.390 e. The number of morpholine rings is 1. The summed E-state index contributed by atoms with van der Waals surface area (Å²) in [6.07, 6.45) is 4.98. The number of piperidine rings is 1. The molecule has 0 bridgehead atoms. The Morgan fingerprint density at radius 3 is 2.53 bits per heavy atom. The lowest BCUT2D eigenvalue weighted by atomic mass is 9.83. The van der Waals surface area contributed by atoms with Gasteiger partial charge >= 0.3 is 0 Å². The molecule has 6 heterocycles. The van der Waals surface area contributed by atoms with E-state index in [2.05, 4.69) is 14.9 Å². The Morgan fingerprint density at radius 2 is 1.82 bits per heavy atom. The Morgan fingerprint density at radius 1 is 1.08 bits per heavy atom. The molecule has 0 radical (unpaired) electrons. The Kier molecular flexibility index (Phi) is 6.03. The van der Waals surface area contributed by atoms with Gasteiger partial charge in [0.05, 0.1) is 36.0 Å². The molecule has 0 unspecified atom stereocenters. The van der Waals surface area contributed by atoms with Crippen molar-refractivity contribution in [2.45, 2.75) is 39.2 Å². The highest BCUT2D eigenvalue weighted by atomic mass is 16.5. The van der Waals surface area contributed by atoms with E-state index in [9.17, 15) is 9.90 Å². The number of carbonyl (C=O) groups excluding carboxylic acids is 1. The first-order valence-corrected chi connectivity index (χ1v) is 13.1. The van der Waals surface area contributed by atoms with Gasteiger partial charge < -0.3 is 24.2 Å². The Balaban J connectivity index is 1.44. The second-order valence-corrected chi connectivity index (χ2v) is 10.7.